The second-order valence-corrected chi connectivity index (χ2v) is 5.19. The summed E-state index contributed by atoms with van der Waals surface area (Å²) in [5.74, 6) is -0.830. The van der Waals surface area contributed by atoms with Crippen LogP contribution in [0.2, 0.25) is 0 Å². The number of hydrogen-bond acceptors (Lipinski definition) is 3. The zero-order chi connectivity index (χ0) is 13.0. The van der Waals surface area contributed by atoms with Crippen molar-refractivity contribution in [2.75, 3.05) is 13.1 Å². The normalized spacial score (nSPS) is 12.6. The Kier molecular flexibility index (Phi) is 4.95. The van der Waals surface area contributed by atoms with Crippen LogP contribution in [0.4, 0.5) is 0 Å². The molecule has 0 rings (SSSR count). The van der Waals surface area contributed by atoms with Crippen molar-refractivity contribution in [2.24, 2.45) is 5.41 Å². The van der Waals surface area contributed by atoms with Crippen molar-refractivity contribution in [3.8, 4) is 6.07 Å². The quantitative estimate of drug-likeness (QED) is 0.753. The zero-order valence-electron chi connectivity index (χ0n) is 10.9. The summed E-state index contributed by atoms with van der Waals surface area (Å²) in [6.07, 6.45) is 0.675. The molecule has 0 atom stereocenters. The molecule has 92 valence electrons. The molecular formula is C12H22N2O2. The van der Waals surface area contributed by atoms with E-state index in [1.165, 1.54) is 0 Å². The first-order valence-corrected chi connectivity index (χ1v) is 5.57. The molecule has 0 aromatic rings. The summed E-state index contributed by atoms with van der Waals surface area (Å²) in [5, 5.41) is 18.0. The maximum absolute atomic E-state index is 11.1. The van der Waals surface area contributed by atoms with Gasteiger partial charge in [0.1, 0.15) is 5.54 Å². The fraction of sp³-hybridized carbons (Fsp3) is 0.833. The van der Waals surface area contributed by atoms with Crippen molar-refractivity contribution in [3.63, 3.8) is 0 Å². The molecular weight excluding hydrogens is 204 g/mol. The maximum Gasteiger partial charge on any atom is 0.323 e. The van der Waals surface area contributed by atoms with Crippen LogP contribution in [0.25, 0.3) is 0 Å². The van der Waals surface area contributed by atoms with E-state index in [1.54, 1.807) is 13.8 Å². The Morgan fingerprint density at radius 1 is 1.38 bits per heavy atom. The van der Waals surface area contributed by atoms with Gasteiger partial charge in [-0.2, -0.15) is 5.26 Å². The van der Waals surface area contributed by atoms with E-state index in [2.05, 4.69) is 6.07 Å². The average Bonchev–Trinajstić information content (AvgIpc) is 2.18. The summed E-state index contributed by atoms with van der Waals surface area (Å²) in [5.41, 5.74) is -1.28. The Labute approximate surface area is 97.9 Å². The number of carboxylic acid groups (broad SMARTS) is 1. The second kappa shape index (κ2) is 5.31. The first-order chi connectivity index (χ1) is 7.17. The Morgan fingerprint density at radius 2 is 1.88 bits per heavy atom. The summed E-state index contributed by atoms with van der Waals surface area (Å²) < 4.78 is 0. The fourth-order valence-corrected chi connectivity index (χ4v) is 1.44. The van der Waals surface area contributed by atoms with Crippen LogP contribution in [0.3, 0.4) is 0 Å². The number of carboxylic acids is 1. The molecule has 0 amide bonds. The van der Waals surface area contributed by atoms with Gasteiger partial charge >= 0.3 is 5.97 Å². The van der Waals surface area contributed by atoms with E-state index in [9.17, 15) is 4.79 Å². The predicted molar refractivity (Wildman–Crippen MR) is 63.0 cm³/mol. The highest BCUT2D eigenvalue weighted by Crippen LogP contribution is 2.22. The summed E-state index contributed by atoms with van der Waals surface area (Å²) >= 11 is 0. The molecule has 0 bridgehead atoms. The van der Waals surface area contributed by atoms with Gasteiger partial charge in [-0.1, -0.05) is 6.92 Å². The van der Waals surface area contributed by atoms with Crippen LogP contribution in [0, 0.1) is 16.7 Å². The SMILES string of the molecule is CCN(CCC(C)(C)C#N)C(C)(C)C(=O)O. The molecule has 0 aliphatic carbocycles. The highest BCUT2D eigenvalue weighted by atomic mass is 16.4. The first kappa shape index (κ1) is 14.9. The minimum absolute atomic E-state index is 0.401. The highest BCUT2D eigenvalue weighted by molar-refractivity contribution is 5.77. The fourth-order valence-electron chi connectivity index (χ4n) is 1.44. The Bertz CT molecular complexity index is 290. The van der Waals surface area contributed by atoms with Gasteiger partial charge in [0.2, 0.25) is 0 Å². The van der Waals surface area contributed by atoms with Crippen LogP contribution in [0.5, 0.6) is 0 Å². The number of rotatable bonds is 6. The molecule has 0 fully saturated rings. The van der Waals surface area contributed by atoms with E-state index < -0.39 is 16.9 Å². The lowest BCUT2D eigenvalue weighted by atomic mass is 9.90. The van der Waals surface area contributed by atoms with E-state index in [0.717, 1.165) is 0 Å². The number of nitrogens with zero attached hydrogens (tertiary/aromatic N) is 2. The van der Waals surface area contributed by atoms with E-state index in [1.807, 2.05) is 25.7 Å². The molecule has 16 heavy (non-hydrogen) atoms. The Hall–Kier alpha value is -1.08. The monoisotopic (exact) mass is 226 g/mol. The van der Waals surface area contributed by atoms with Gasteiger partial charge in [0, 0.05) is 6.54 Å². The van der Waals surface area contributed by atoms with Crippen LogP contribution < -0.4 is 0 Å². The summed E-state index contributed by atoms with van der Waals surface area (Å²) in [6, 6.07) is 2.23. The molecule has 0 aromatic heterocycles. The minimum Gasteiger partial charge on any atom is -0.480 e. The van der Waals surface area contributed by atoms with Crippen LogP contribution in [0.1, 0.15) is 41.0 Å². The van der Waals surface area contributed by atoms with Gasteiger partial charge in [0.15, 0.2) is 0 Å². The predicted octanol–water partition coefficient (Wildman–Crippen LogP) is 2.11. The van der Waals surface area contributed by atoms with E-state index in [-0.39, 0.29) is 0 Å². The smallest absolute Gasteiger partial charge is 0.323 e. The summed E-state index contributed by atoms with van der Waals surface area (Å²) in [7, 11) is 0. The van der Waals surface area contributed by atoms with Gasteiger partial charge in [-0.3, -0.25) is 9.69 Å². The molecule has 0 aliphatic rings. The van der Waals surface area contributed by atoms with Gasteiger partial charge in [-0.25, -0.2) is 0 Å². The van der Waals surface area contributed by atoms with Gasteiger partial charge in [-0.15, -0.1) is 0 Å². The van der Waals surface area contributed by atoms with Crippen molar-refractivity contribution in [1.82, 2.24) is 4.90 Å². The molecule has 4 heteroatoms. The van der Waals surface area contributed by atoms with Crippen LogP contribution in [-0.4, -0.2) is 34.6 Å². The van der Waals surface area contributed by atoms with Crippen molar-refractivity contribution in [3.05, 3.63) is 0 Å². The average molecular weight is 226 g/mol. The van der Waals surface area contributed by atoms with Crippen molar-refractivity contribution >= 4 is 5.97 Å². The first-order valence-electron chi connectivity index (χ1n) is 5.57. The molecule has 0 spiro atoms. The molecule has 0 saturated carbocycles. The van der Waals surface area contributed by atoms with Gasteiger partial charge in [0.25, 0.3) is 0 Å². The van der Waals surface area contributed by atoms with Crippen molar-refractivity contribution in [1.29, 1.82) is 5.26 Å². The third-order valence-electron chi connectivity index (χ3n) is 3.01. The number of likely N-dealkylation sites (N-methyl/N-ethyl adjacent to an activating group) is 1. The molecule has 0 aromatic carbocycles. The molecule has 0 unspecified atom stereocenters. The summed E-state index contributed by atoms with van der Waals surface area (Å²) in [6.45, 7) is 10.3. The lowest BCUT2D eigenvalue weighted by Crippen LogP contribution is -2.50. The van der Waals surface area contributed by atoms with E-state index >= 15 is 0 Å². The molecule has 4 nitrogen and oxygen atoms in total. The molecule has 1 N–H and O–H groups in total. The number of aliphatic carboxylic acids is 1. The zero-order valence-corrected chi connectivity index (χ0v) is 10.9. The van der Waals surface area contributed by atoms with Crippen LogP contribution in [0.15, 0.2) is 0 Å². The van der Waals surface area contributed by atoms with E-state index in [4.69, 9.17) is 10.4 Å². The molecule has 0 radical (unpaired) electrons. The number of nitriles is 1. The van der Waals surface area contributed by atoms with Crippen molar-refractivity contribution in [2.45, 2.75) is 46.6 Å². The van der Waals surface area contributed by atoms with Crippen LogP contribution in [-0.2, 0) is 4.79 Å². The highest BCUT2D eigenvalue weighted by Gasteiger charge is 2.34. The van der Waals surface area contributed by atoms with Gasteiger partial charge in [-0.05, 0) is 40.7 Å². The Balaban J connectivity index is 4.56. The third-order valence-corrected chi connectivity index (χ3v) is 3.01. The Morgan fingerprint density at radius 3 is 2.19 bits per heavy atom. The summed E-state index contributed by atoms with van der Waals surface area (Å²) in [4.78, 5) is 13.0. The topological polar surface area (TPSA) is 64.3 Å². The number of carbonyl (C=O) groups is 1. The third kappa shape index (κ3) is 3.82. The number of hydrogen-bond donors (Lipinski definition) is 1. The lowest BCUT2D eigenvalue weighted by molar-refractivity contribution is -0.149. The van der Waals surface area contributed by atoms with Crippen molar-refractivity contribution < 1.29 is 9.90 Å². The molecule has 0 saturated heterocycles. The minimum atomic E-state index is -0.875. The second-order valence-electron chi connectivity index (χ2n) is 5.19. The van der Waals surface area contributed by atoms with Gasteiger partial charge in [0.05, 0.1) is 11.5 Å². The lowest BCUT2D eigenvalue weighted by Gasteiger charge is -2.35. The van der Waals surface area contributed by atoms with Gasteiger partial charge < -0.3 is 5.11 Å². The maximum atomic E-state index is 11.1. The molecule has 0 heterocycles. The van der Waals surface area contributed by atoms with E-state index in [0.29, 0.717) is 19.5 Å². The molecule has 0 aliphatic heterocycles. The standard InChI is InChI=1S/C12H22N2O2/c1-6-14(12(4,5)10(15)16)8-7-11(2,3)9-13/h6-8H2,1-5H3,(H,15,16). The van der Waals surface area contributed by atoms with Crippen LogP contribution >= 0.6 is 0 Å². The largest absolute Gasteiger partial charge is 0.480 e.